The molecule has 0 atom stereocenters. The first-order valence-corrected chi connectivity index (χ1v) is 13.6. The number of benzene rings is 3. The molecule has 1 aliphatic carbocycles. The topological polar surface area (TPSA) is 114 Å². The van der Waals surface area contributed by atoms with Crippen LogP contribution in [0.4, 0.5) is 5.69 Å². The van der Waals surface area contributed by atoms with Gasteiger partial charge in [0.1, 0.15) is 0 Å². The number of carbonyl (C=O) groups excluding carboxylic acids is 1. The summed E-state index contributed by atoms with van der Waals surface area (Å²) in [6.07, 6.45) is 1.52. The number of fused-ring (bicyclic) bond motifs is 1. The molecule has 0 aromatic heterocycles. The van der Waals surface area contributed by atoms with Gasteiger partial charge < -0.3 is 19.9 Å². The summed E-state index contributed by atoms with van der Waals surface area (Å²) >= 11 is 0. The van der Waals surface area contributed by atoms with Crippen LogP contribution in [-0.2, 0) is 20.2 Å². The van der Waals surface area contributed by atoms with Gasteiger partial charge in [0.2, 0.25) is 22.7 Å². The lowest BCUT2D eigenvalue weighted by Gasteiger charge is -2.23. The number of ether oxygens (including phenoxy) is 2. The molecule has 1 amide bonds. The number of hydrogen-bond acceptors (Lipinski definition) is 6. The van der Waals surface area contributed by atoms with Gasteiger partial charge in [0.25, 0.3) is 0 Å². The number of amides is 1. The molecule has 0 saturated heterocycles. The van der Waals surface area contributed by atoms with E-state index in [-0.39, 0.29) is 27.1 Å². The van der Waals surface area contributed by atoms with Crippen LogP contribution in [0.2, 0.25) is 0 Å². The summed E-state index contributed by atoms with van der Waals surface area (Å²) < 4.78 is 38.8. The maximum absolute atomic E-state index is 13.3. The summed E-state index contributed by atoms with van der Waals surface area (Å²) in [4.78, 5) is 13.5. The lowest BCUT2D eigenvalue weighted by Crippen LogP contribution is -2.46. The van der Waals surface area contributed by atoms with Gasteiger partial charge in [-0.05, 0) is 92.3 Å². The first-order valence-electron chi connectivity index (χ1n) is 12.1. The van der Waals surface area contributed by atoms with E-state index >= 15 is 0 Å². The van der Waals surface area contributed by atoms with Gasteiger partial charge in [-0.1, -0.05) is 24.3 Å². The maximum Gasteiger partial charge on any atom is 0.241 e. The van der Waals surface area contributed by atoms with Gasteiger partial charge in [-0.15, -0.1) is 0 Å². The zero-order valence-electron chi connectivity index (χ0n) is 21.0. The minimum Gasteiger partial charge on any atom is -0.454 e. The van der Waals surface area contributed by atoms with E-state index in [9.17, 15) is 18.3 Å². The lowest BCUT2D eigenvalue weighted by molar-refractivity contribution is -0.118. The molecule has 37 heavy (non-hydrogen) atoms. The first-order chi connectivity index (χ1) is 17.5. The molecule has 9 heteroatoms. The molecule has 8 nitrogen and oxygen atoms in total. The summed E-state index contributed by atoms with van der Waals surface area (Å²) in [5.41, 5.74) is 2.73. The van der Waals surface area contributed by atoms with Gasteiger partial charge in [0.15, 0.2) is 11.5 Å². The fourth-order valence-corrected chi connectivity index (χ4v) is 5.90. The van der Waals surface area contributed by atoms with Gasteiger partial charge in [-0.2, -0.15) is 0 Å². The van der Waals surface area contributed by atoms with E-state index < -0.39 is 21.0 Å². The standard InChI is InChI=1S/C28H30N2O6S.2H2/c1-18-4-8-21(29-26(32)28(12-13-28)20-7-11-24-25(14-20)36-17-35-24)15-23(18)19-5-9-22(10-6-19)37(33,34)30-27(2,3)16-31;;/h4-11,14-15,30-31H,12-13,16-17H2,1-3H3,(H,29,32);2*1H. The molecule has 3 N–H and O–H groups in total. The third-order valence-corrected chi connectivity index (χ3v) is 8.60. The minimum absolute atomic E-state index is 0. The molecule has 1 saturated carbocycles. The van der Waals surface area contributed by atoms with Crippen LogP contribution in [0.25, 0.3) is 11.1 Å². The Bertz CT molecular complexity index is 1470. The lowest BCUT2D eigenvalue weighted by atomic mass is 9.94. The monoisotopic (exact) mass is 526 g/mol. The highest BCUT2D eigenvalue weighted by molar-refractivity contribution is 7.89. The molecule has 0 bridgehead atoms. The van der Waals surface area contributed by atoms with Gasteiger partial charge in [-0.3, -0.25) is 4.79 Å². The third kappa shape index (κ3) is 4.94. The normalized spacial score (nSPS) is 15.9. The molecule has 198 valence electrons. The van der Waals surface area contributed by atoms with Gasteiger partial charge >= 0.3 is 0 Å². The molecular weight excluding hydrogens is 492 g/mol. The number of hydrogen-bond donors (Lipinski definition) is 3. The predicted octanol–water partition coefficient (Wildman–Crippen LogP) is 4.60. The Balaban J connectivity index is 0.00000210. The van der Waals surface area contributed by atoms with E-state index in [1.54, 1.807) is 26.0 Å². The van der Waals surface area contributed by atoms with Crippen LogP contribution in [-0.4, -0.2) is 38.4 Å². The second-order valence-electron chi connectivity index (χ2n) is 10.3. The van der Waals surface area contributed by atoms with E-state index in [1.807, 2.05) is 43.3 Å². The molecule has 2 aliphatic rings. The maximum atomic E-state index is 13.3. The van der Waals surface area contributed by atoms with Gasteiger partial charge in [-0.25, -0.2) is 13.1 Å². The number of carbonyl (C=O) groups is 1. The summed E-state index contributed by atoms with van der Waals surface area (Å²) in [6, 6.07) is 17.9. The van der Waals surface area contributed by atoms with E-state index in [2.05, 4.69) is 10.0 Å². The Labute approximate surface area is 219 Å². The zero-order valence-corrected chi connectivity index (χ0v) is 21.8. The molecule has 3 aromatic carbocycles. The second-order valence-corrected chi connectivity index (χ2v) is 12.0. The van der Waals surface area contributed by atoms with Gasteiger partial charge in [0, 0.05) is 8.54 Å². The average Bonchev–Trinajstić information content (AvgIpc) is 3.55. The summed E-state index contributed by atoms with van der Waals surface area (Å²) in [7, 11) is -3.79. The van der Waals surface area contributed by atoms with E-state index in [4.69, 9.17) is 9.47 Å². The molecule has 5 rings (SSSR count). The van der Waals surface area contributed by atoms with Crippen molar-refractivity contribution in [1.82, 2.24) is 4.72 Å². The molecule has 3 aromatic rings. The Kier molecular flexibility index (Phi) is 6.26. The molecular formula is C28H34N2O6S. The Morgan fingerprint density at radius 1 is 1.03 bits per heavy atom. The summed E-state index contributed by atoms with van der Waals surface area (Å²) in [5.74, 6) is 1.28. The quantitative estimate of drug-likeness (QED) is 0.395. The van der Waals surface area contributed by atoms with Crippen LogP contribution in [0.15, 0.2) is 65.6 Å². The highest BCUT2D eigenvalue weighted by atomic mass is 32.2. The number of sulfonamides is 1. The van der Waals surface area contributed by atoms with Gasteiger partial charge in [0.05, 0.1) is 22.5 Å². The predicted molar refractivity (Wildman–Crippen MR) is 144 cm³/mol. The molecule has 0 radical (unpaired) electrons. The number of aryl methyl sites for hydroxylation is 1. The SMILES string of the molecule is Cc1ccc(NC(=O)C2(c3ccc4c(c3)OCO4)CC2)cc1-c1ccc(S(=O)(=O)NC(C)(C)CO)cc1.[HH].[HH]. The zero-order chi connectivity index (χ0) is 26.4. The highest BCUT2D eigenvalue weighted by Crippen LogP contribution is 2.51. The van der Waals surface area contributed by atoms with E-state index in [0.29, 0.717) is 17.2 Å². The Morgan fingerprint density at radius 2 is 1.73 bits per heavy atom. The summed E-state index contributed by atoms with van der Waals surface area (Å²) in [5, 5.41) is 12.5. The average molecular weight is 527 g/mol. The first kappa shape index (κ1) is 25.3. The van der Waals surface area contributed by atoms with E-state index in [0.717, 1.165) is 35.1 Å². The Hall–Kier alpha value is -3.40. The fourth-order valence-electron chi connectivity index (χ4n) is 4.50. The van der Waals surface area contributed by atoms with Crippen LogP contribution >= 0.6 is 0 Å². The van der Waals surface area contributed by atoms with Crippen molar-refractivity contribution in [3.8, 4) is 22.6 Å². The Morgan fingerprint density at radius 3 is 2.41 bits per heavy atom. The van der Waals surface area contributed by atoms with Crippen LogP contribution in [0, 0.1) is 6.92 Å². The van der Waals surface area contributed by atoms with Crippen molar-refractivity contribution >= 4 is 21.6 Å². The largest absolute Gasteiger partial charge is 0.454 e. The number of anilines is 1. The van der Waals surface area contributed by atoms with Crippen molar-refractivity contribution < 1.29 is 30.6 Å². The highest BCUT2D eigenvalue weighted by Gasteiger charge is 2.51. The summed E-state index contributed by atoms with van der Waals surface area (Å²) in [6.45, 7) is 5.05. The number of aliphatic hydroxyl groups is 1. The fraction of sp³-hybridized carbons (Fsp3) is 0.321. The van der Waals surface area contributed by atoms with Crippen molar-refractivity contribution in [2.45, 2.75) is 49.5 Å². The molecule has 0 unspecified atom stereocenters. The van der Waals surface area contributed by atoms with Crippen molar-refractivity contribution in [2.75, 3.05) is 18.7 Å². The number of rotatable bonds is 8. The minimum atomic E-state index is -3.79. The molecule has 0 spiro atoms. The molecule has 1 aliphatic heterocycles. The smallest absolute Gasteiger partial charge is 0.241 e. The third-order valence-electron chi connectivity index (χ3n) is 6.89. The second kappa shape index (κ2) is 9.16. The number of nitrogens with one attached hydrogen (secondary N) is 2. The van der Waals surface area contributed by atoms with Crippen LogP contribution in [0.3, 0.4) is 0 Å². The van der Waals surface area contributed by atoms with Crippen molar-refractivity contribution in [2.24, 2.45) is 0 Å². The molecule has 1 heterocycles. The van der Waals surface area contributed by atoms with Crippen molar-refractivity contribution in [1.29, 1.82) is 0 Å². The van der Waals surface area contributed by atoms with E-state index in [1.165, 1.54) is 12.1 Å². The van der Waals surface area contributed by atoms with Crippen LogP contribution in [0.5, 0.6) is 11.5 Å². The molecule has 1 fully saturated rings. The van der Waals surface area contributed by atoms with Crippen LogP contribution < -0.4 is 19.5 Å². The van der Waals surface area contributed by atoms with Crippen LogP contribution in [0.1, 0.15) is 40.7 Å². The number of aliphatic hydroxyl groups excluding tert-OH is 1. The van der Waals surface area contributed by atoms with Crippen molar-refractivity contribution in [3.05, 3.63) is 71.8 Å². The van der Waals surface area contributed by atoms with Crippen molar-refractivity contribution in [3.63, 3.8) is 0 Å².